The second-order valence-electron chi connectivity index (χ2n) is 3.75. The molecule has 0 unspecified atom stereocenters. The van der Waals surface area contributed by atoms with E-state index in [9.17, 15) is 4.79 Å². The van der Waals surface area contributed by atoms with Crippen LogP contribution in [-0.2, 0) is 6.42 Å². The van der Waals surface area contributed by atoms with Crippen LogP contribution >= 0.6 is 0 Å². The molecule has 1 rings (SSSR count). The number of nitrogens with one attached hydrogen (secondary N) is 1. The minimum absolute atomic E-state index is 0.162. The molecule has 1 atom stereocenters. The van der Waals surface area contributed by atoms with Gasteiger partial charge < -0.3 is 16.2 Å². The lowest BCUT2D eigenvalue weighted by Crippen LogP contribution is -2.31. The van der Waals surface area contributed by atoms with Crippen LogP contribution < -0.4 is 11.1 Å². The molecular weight excluding hydrogens is 204 g/mol. The Kier molecular flexibility index (Phi) is 4.95. The Balaban J connectivity index is 2.73. The van der Waals surface area contributed by atoms with E-state index >= 15 is 0 Å². The monoisotopic (exact) mass is 222 g/mol. The Hall–Kier alpha value is -1.39. The second-order valence-corrected chi connectivity index (χ2v) is 3.75. The van der Waals surface area contributed by atoms with Crippen molar-refractivity contribution in [3.05, 3.63) is 35.4 Å². The maximum absolute atomic E-state index is 11.8. The summed E-state index contributed by atoms with van der Waals surface area (Å²) in [7, 11) is 0. The molecule has 1 aromatic rings. The topological polar surface area (TPSA) is 75.3 Å². The van der Waals surface area contributed by atoms with Crippen molar-refractivity contribution in [3.63, 3.8) is 0 Å². The van der Waals surface area contributed by atoms with Crippen LogP contribution in [0, 0.1) is 0 Å². The third-order valence-corrected chi connectivity index (χ3v) is 2.23. The zero-order chi connectivity index (χ0) is 12.0. The maximum atomic E-state index is 11.8. The molecular formula is C12H18N2O2. The molecule has 0 aromatic heterocycles. The average molecular weight is 222 g/mol. The third kappa shape index (κ3) is 3.64. The molecule has 0 bridgehead atoms. The summed E-state index contributed by atoms with van der Waals surface area (Å²) >= 11 is 0. The lowest BCUT2D eigenvalue weighted by Gasteiger charge is -2.10. The molecule has 0 aliphatic carbocycles. The van der Waals surface area contributed by atoms with E-state index in [0.717, 1.165) is 5.56 Å². The molecule has 0 saturated carbocycles. The highest BCUT2D eigenvalue weighted by molar-refractivity contribution is 5.95. The lowest BCUT2D eigenvalue weighted by molar-refractivity contribution is 0.0923. The predicted molar refractivity (Wildman–Crippen MR) is 63.2 cm³/mol. The molecule has 0 fully saturated rings. The van der Waals surface area contributed by atoms with Crippen molar-refractivity contribution < 1.29 is 9.90 Å². The van der Waals surface area contributed by atoms with Gasteiger partial charge in [0.05, 0.1) is 6.10 Å². The van der Waals surface area contributed by atoms with Crippen molar-refractivity contribution in [1.82, 2.24) is 5.32 Å². The molecule has 88 valence electrons. The van der Waals surface area contributed by atoms with Crippen molar-refractivity contribution >= 4 is 5.91 Å². The van der Waals surface area contributed by atoms with Crippen LogP contribution in [0.3, 0.4) is 0 Å². The fourth-order valence-corrected chi connectivity index (χ4v) is 1.45. The minimum Gasteiger partial charge on any atom is -0.392 e. The minimum atomic E-state index is -0.536. The largest absolute Gasteiger partial charge is 0.392 e. The first kappa shape index (κ1) is 12.7. The van der Waals surface area contributed by atoms with Crippen LogP contribution in [-0.4, -0.2) is 30.2 Å². The van der Waals surface area contributed by atoms with Crippen molar-refractivity contribution in [1.29, 1.82) is 0 Å². The summed E-state index contributed by atoms with van der Waals surface area (Å²) in [6.45, 7) is 2.41. The normalized spacial score (nSPS) is 12.2. The van der Waals surface area contributed by atoms with Crippen LogP contribution in [0.2, 0.25) is 0 Å². The number of rotatable bonds is 5. The van der Waals surface area contributed by atoms with Crippen LogP contribution in [0.1, 0.15) is 22.8 Å². The summed E-state index contributed by atoms with van der Waals surface area (Å²) in [4.78, 5) is 11.8. The van der Waals surface area contributed by atoms with E-state index in [0.29, 0.717) is 18.5 Å². The molecule has 0 heterocycles. The third-order valence-electron chi connectivity index (χ3n) is 2.23. The molecule has 16 heavy (non-hydrogen) atoms. The van der Waals surface area contributed by atoms with E-state index in [4.69, 9.17) is 10.8 Å². The molecule has 4 nitrogen and oxygen atoms in total. The van der Waals surface area contributed by atoms with Gasteiger partial charge >= 0.3 is 0 Å². The number of aliphatic hydroxyl groups excluding tert-OH is 1. The SMILES string of the molecule is C[C@H](O)CNC(=O)c1ccccc1CCN. The highest BCUT2D eigenvalue weighted by Crippen LogP contribution is 2.08. The number of benzene rings is 1. The maximum Gasteiger partial charge on any atom is 0.251 e. The van der Waals surface area contributed by atoms with Gasteiger partial charge in [0.2, 0.25) is 0 Å². The predicted octanol–water partition coefficient (Wildman–Crippen LogP) is 0.298. The van der Waals surface area contributed by atoms with E-state index < -0.39 is 6.10 Å². The Morgan fingerprint density at radius 2 is 2.19 bits per heavy atom. The summed E-state index contributed by atoms with van der Waals surface area (Å²) < 4.78 is 0. The van der Waals surface area contributed by atoms with Gasteiger partial charge in [-0.1, -0.05) is 18.2 Å². The van der Waals surface area contributed by atoms with E-state index in [-0.39, 0.29) is 12.5 Å². The first-order chi connectivity index (χ1) is 7.65. The average Bonchev–Trinajstić information content (AvgIpc) is 2.27. The van der Waals surface area contributed by atoms with Crippen molar-refractivity contribution in [3.8, 4) is 0 Å². The van der Waals surface area contributed by atoms with Gasteiger partial charge in [0.25, 0.3) is 5.91 Å². The van der Waals surface area contributed by atoms with Gasteiger partial charge in [0.15, 0.2) is 0 Å². The fourth-order valence-electron chi connectivity index (χ4n) is 1.45. The lowest BCUT2D eigenvalue weighted by atomic mass is 10.0. The van der Waals surface area contributed by atoms with Gasteiger partial charge in [0, 0.05) is 12.1 Å². The Morgan fingerprint density at radius 1 is 1.50 bits per heavy atom. The first-order valence-corrected chi connectivity index (χ1v) is 5.39. The number of amides is 1. The molecule has 0 radical (unpaired) electrons. The van der Waals surface area contributed by atoms with E-state index in [2.05, 4.69) is 5.32 Å². The molecule has 0 spiro atoms. The Bertz CT molecular complexity index is 351. The van der Waals surface area contributed by atoms with Gasteiger partial charge in [-0.05, 0) is 31.5 Å². The molecule has 0 aliphatic heterocycles. The number of carbonyl (C=O) groups is 1. The number of aliphatic hydroxyl groups is 1. The number of nitrogens with two attached hydrogens (primary N) is 1. The van der Waals surface area contributed by atoms with E-state index in [1.807, 2.05) is 18.2 Å². The smallest absolute Gasteiger partial charge is 0.251 e. The van der Waals surface area contributed by atoms with Crippen LogP contribution in [0.15, 0.2) is 24.3 Å². The van der Waals surface area contributed by atoms with Gasteiger partial charge in [-0.25, -0.2) is 0 Å². The second kappa shape index (κ2) is 6.25. The summed E-state index contributed by atoms with van der Waals surface area (Å²) in [6.07, 6.45) is 0.142. The molecule has 0 saturated heterocycles. The van der Waals surface area contributed by atoms with Crippen molar-refractivity contribution in [2.45, 2.75) is 19.4 Å². The van der Waals surface area contributed by atoms with Crippen LogP contribution in [0.5, 0.6) is 0 Å². The summed E-state index contributed by atoms with van der Waals surface area (Å²) in [6, 6.07) is 7.36. The molecule has 4 N–H and O–H groups in total. The van der Waals surface area contributed by atoms with Crippen molar-refractivity contribution in [2.75, 3.05) is 13.1 Å². The number of hydrogen-bond donors (Lipinski definition) is 3. The zero-order valence-corrected chi connectivity index (χ0v) is 9.44. The first-order valence-electron chi connectivity index (χ1n) is 5.39. The summed E-state index contributed by atoms with van der Waals surface area (Å²) in [5.41, 5.74) is 7.05. The molecule has 1 aromatic carbocycles. The quantitative estimate of drug-likeness (QED) is 0.670. The van der Waals surface area contributed by atoms with Gasteiger partial charge in [-0.2, -0.15) is 0 Å². The van der Waals surface area contributed by atoms with E-state index in [1.54, 1.807) is 13.0 Å². The highest BCUT2D eigenvalue weighted by Gasteiger charge is 2.10. The van der Waals surface area contributed by atoms with Gasteiger partial charge in [-0.15, -0.1) is 0 Å². The zero-order valence-electron chi connectivity index (χ0n) is 9.44. The Morgan fingerprint density at radius 3 is 2.81 bits per heavy atom. The standard InChI is InChI=1S/C12H18N2O2/c1-9(15)8-14-12(16)11-5-3-2-4-10(11)6-7-13/h2-5,9,15H,6-8,13H2,1H3,(H,14,16)/t9-/m0/s1. The van der Waals surface area contributed by atoms with Crippen LogP contribution in [0.4, 0.5) is 0 Å². The molecule has 0 aliphatic rings. The fraction of sp³-hybridized carbons (Fsp3) is 0.417. The highest BCUT2D eigenvalue weighted by atomic mass is 16.3. The molecule has 1 amide bonds. The van der Waals surface area contributed by atoms with Gasteiger partial charge in [0.1, 0.15) is 0 Å². The van der Waals surface area contributed by atoms with Crippen molar-refractivity contribution in [2.24, 2.45) is 5.73 Å². The van der Waals surface area contributed by atoms with E-state index in [1.165, 1.54) is 0 Å². The van der Waals surface area contributed by atoms with Crippen LogP contribution in [0.25, 0.3) is 0 Å². The summed E-state index contributed by atoms with van der Waals surface area (Å²) in [5.74, 6) is -0.162. The van der Waals surface area contributed by atoms with Gasteiger partial charge in [-0.3, -0.25) is 4.79 Å². The number of hydrogen-bond acceptors (Lipinski definition) is 3. The summed E-state index contributed by atoms with van der Waals surface area (Å²) in [5, 5.41) is 11.8. The molecule has 4 heteroatoms. The number of carbonyl (C=O) groups excluding carboxylic acids is 1. The Labute approximate surface area is 95.5 Å².